The van der Waals surface area contributed by atoms with Crippen LogP contribution in [0.3, 0.4) is 0 Å². The topological polar surface area (TPSA) is 111 Å². The van der Waals surface area contributed by atoms with Crippen LogP contribution in [0, 0.1) is 0 Å². The van der Waals surface area contributed by atoms with Crippen LogP contribution in [0.1, 0.15) is 34.6 Å². The zero-order valence-electron chi connectivity index (χ0n) is 20.3. The molecule has 0 fully saturated rings. The second-order valence-electron chi connectivity index (χ2n) is 9.01. The van der Waals surface area contributed by atoms with Crippen LogP contribution in [0.4, 0.5) is 5.82 Å². The third kappa shape index (κ3) is 4.09. The molecule has 0 spiro atoms. The number of para-hydroxylation sites is 1. The molecule has 0 aliphatic carbocycles. The molecule has 1 atom stereocenters. The number of anilines is 1. The summed E-state index contributed by atoms with van der Waals surface area (Å²) in [5, 5.41) is 8.66. The van der Waals surface area contributed by atoms with Crippen LogP contribution in [0.15, 0.2) is 77.9 Å². The minimum Gasteiger partial charge on any atom is -0.381 e. The lowest BCUT2D eigenvalue weighted by molar-refractivity contribution is 0.0941. The number of benzene rings is 2. The van der Waals surface area contributed by atoms with E-state index in [2.05, 4.69) is 15.4 Å². The summed E-state index contributed by atoms with van der Waals surface area (Å²) in [4.78, 5) is 33.6. The lowest BCUT2D eigenvalue weighted by Gasteiger charge is -2.22. The first-order valence-corrected chi connectivity index (χ1v) is 11.6. The van der Waals surface area contributed by atoms with Crippen molar-refractivity contribution in [1.82, 2.24) is 29.4 Å². The first-order valence-electron chi connectivity index (χ1n) is 11.6. The highest BCUT2D eigenvalue weighted by Gasteiger charge is 2.24. The van der Waals surface area contributed by atoms with E-state index in [4.69, 9.17) is 5.73 Å². The first-order chi connectivity index (χ1) is 17.3. The predicted molar refractivity (Wildman–Crippen MR) is 140 cm³/mol. The van der Waals surface area contributed by atoms with Crippen LogP contribution in [0.2, 0.25) is 0 Å². The van der Waals surface area contributed by atoms with Crippen molar-refractivity contribution in [3.8, 4) is 5.69 Å². The number of carbonyl (C=O) groups excluding carboxylic acids is 1. The van der Waals surface area contributed by atoms with Crippen molar-refractivity contribution in [3.05, 3.63) is 100 Å². The predicted octanol–water partition coefficient (Wildman–Crippen LogP) is 3.17. The van der Waals surface area contributed by atoms with E-state index in [0.717, 1.165) is 16.6 Å². The Morgan fingerprint density at radius 1 is 1.11 bits per heavy atom. The lowest BCUT2D eigenvalue weighted by Crippen LogP contribution is -2.32. The monoisotopic (exact) mass is 481 g/mol. The Morgan fingerprint density at radius 3 is 2.64 bits per heavy atom. The van der Waals surface area contributed by atoms with Crippen LogP contribution in [0.5, 0.6) is 0 Å². The molecular weight excluding hydrogens is 454 g/mol. The van der Waals surface area contributed by atoms with Gasteiger partial charge in [-0.2, -0.15) is 0 Å². The third-order valence-corrected chi connectivity index (χ3v) is 6.10. The van der Waals surface area contributed by atoms with Crippen LogP contribution in [-0.4, -0.2) is 44.1 Å². The van der Waals surface area contributed by atoms with Gasteiger partial charge in [0.15, 0.2) is 11.5 Å². The van der Waals surface area contributed by atoms with Gasteiger partial charge in [-0.3, -0.25) is 14.2 Å². The smallest absolute Gasteiger partial charge is 0.263 e. The quantitative estimate of drug-likeness (QED) is 0.385. The minimum atomic E-state index is -0.523. The number of nitrogens with one attached hydrogen (secondary N) is 1. The van der Waals surface area contributed by atoms with Crippen LogP contribution < -0.4 is 16.6 Å². The van der Waals surface area contributed by atoms with E-state index in [1.807, 2.05) is 80.5 Å². The van der Waals surface area contributed by atoms with Crippen molar-refractivity contribution >= 4 is 28.1 Å². The molecule has 0 bridgehead atoms. The molecule has 3 aromatic heterocycles. The molecule has 36 heavy (non-hydrogen) atoms. The fourth-order valence-electron chi connectivity index (χ4n) is 4.55. The van der Waals surface area contributed by atoms with Gasteiger partial charge >= 0.3 is 0 Å². The number of aromatic nitrogens is 4. The standard InChI is InChI=1S/C27H27N7O2/c1-17(30-26(35)23-24(28)31-33-14-8-13-29-25(23)33)21-15-18-9-7-10-19(16-32(2)3)22(18)27(36)34(21)20-11-5-4-6-12-20/h4-15,17H,16H2,1-3H3,(H2,28,31)(H,30,35). The van der Waals surface area contributed by atoms with E-state index in [-0.39, 0.29) is 16.9 Å². The molecule has 5 rings (SSSR count). The highest BCUT2D eigenvalue weighted by atomic mass is 16.2. The molecule has 182 valence electrons. The largest absolute Gasteiger partial charge is 0.381 e. The zero-order chi connectivity index (χ0) is 25.4. The van der Waals surface area contributed by atoms with Gasteiger partial charge in [0.05, 0.1) is 11.4 Å². The normalized spacial score (nSPS) is 12.3. The number of fused-ring (bicyclic) bond motifs is 2. The Kier molecular flexibility index (Phi) is 5.99. The van der Waals surface area contributed by atoms with Crippen molar-refractivity contribution in [2.75, 3.05) is 19.8 Å². The second kappa shape index (κ2) is 9.27. The summed E-state index contributed by atoms with van der Waals surface area (Å²) in [6, 6.07) is 18.4. The molecule has 0 radical (unpaired) electrons. The summed E-state index contributed by atoms with van der Waals surface area (Å²) in [6.45, 7) is 2.48. The van der Waals surface area contributed by atoms with E-state index in [1.165, 1.54) is 4.52 Å². The molecule has 1 amide bonds. The van der Waals surface area contributed by atoms with Crippen molar-refractivity contribution in [2.45, 2.75) is 19.5 Å². The second-order valence-corrected chi connectivity index (χ2v) is 9.01. The highest BCUT2D eigenvalue weighted by molar-refractivity contribution is 6.04. The first kappa shape index (κ1) is 23.3. The molecule has 3 heterocycles. The average Bonchev–Trinajstić information content (AvgIpc) is 3.19. The maximum atomic E-state index is 14.0. The Bertz CT molecular complexity index is 1640. The van der Waals surface area contributed by atoms with Gasteiger partial charge in [0.2, 0.25) is 0 Å². The Labute approximate surface area is 207 Å². The Morgan fingerprint density at radius 2 is 1.89 bits per heavy atom. The SMILES string of the molecule is CC(NC(=O)c1c(N)nn2cccnc12)c1cc2cccc(CN(C)C)c2c(=O)n1-c1ccccc1. The number of hydrogen-bond donors (Lipinski definition) is 2. The van der Waals surface area contributed by atoms with E-state index in [9.17, 15) is 9.59 Å². The Hall–Kier alpha value is -4.50. The number of amides is 1. The van der Waals surface area contributed by atoms with E-state index < -0.39 is 11.9 Å². The van der Waals surface area contributed by atoms with Crippen LogP contribution in [-0.2, 0) is 6.54 Å². The molecule has 5 aromatic rings. The molecule has 3 N–H and O–H groups in total. The fraction of sp³-hybridized carbons (Fsp3) is 0.185. The summed E-state index contributed by atoms with van der Waals surface area (Å²) in [5.41, 5.74) is 8.80. The van der Waals surface area contributed by atoms with Gasteiger partial charge in [-0.25, -0.2) is 9.50 Å². The number of nitrogens with zero attached hydrogens (tertiary/aromatic N) is 5. The molecule has 9 nitrogen and oxygen atoms in total. The summed E-state index contributed by atoms with van der Waals surface area (Å²) < 4.78 is 3.14. The molecule has 9 heteroatoms. The van der Waals surface area contributed by atoms with E-state index >= 15 is 0 Å². The molecule has 2 aromatic carbocycles. The van der Waals surface area contributed by atoms with E-state index in [1.54, 1.807) is 23.0 Å². The lowest BCUT2D eigenvalue weighted by atomic mass is 10.0. The van der Waals surface area contributed by atoms with Crippen molar-refractivity contribution in [3.63, 3.8) is 0 Å². The summed E-state index contributed by atoms with van der Waals surface area (Å²) in [6.07, 6.45) is 3.26. The molecule has 0 aliphatic heterocycles. The molecular formula is C27H27N7O2. The molecule has 1 unspecified atom stereocenters. The number of nitrogens with two attached hydrogens (primary N) is 1. The number of hydrogen-bond acceptors (Lipinski definition) is 6. The summed E-state index contributed by atoms with van der Waals surface area (Å²) in [5.74, 6) is -0.326. The van der Waals surface area contributed by atoms with Gasteiger partial charge in [-0.05, 0) is 56.2 Å². The number of carbonyl (C=O) groups is 1. The van der Waals surface area contributed by atoms with Gasteiger partial charge in [-0.1, -0.05) is 36.4 Å². The molecule has 0 saturated carbocycles. The zero-order valence-corrected chi connectivity index (χ0v) is 20.3. The number of nitrogen functional groups attached to an aromatic ring is 1. The van der Waals surface area contributed by atoms with E-state index in [0.29, 0.717) is 23.3 Å². The van der Waals surface area contributed by atoms with Gasteiger partial charge in [0.25, 0.3) is 11.5 Å². The molecule has 0 saturated heterocycles. The molecule has 0 aliphatic rings. The third-order valence-electron chi connectivity index (χ3n) is 6.10. The highest BCUT2D eigenvalue weighted by Crippen LogP contribution is 2.25. The maximum absolute atomic E-state index is 14.0. The summed E-state index contributed by atoms with van der Waals surface area (Å²) in [7, 11) is 3.95. The van der Waals surface area contributed by atoms with Crippen LogP contribution in [0.25, 0.3) is 22.1 Å². The maximum Gasteiger partial charge on any atom is 0.263 e. The fourth-order valence-corrected chi connectivity index (χ4v) is 4.55. The average molecular weight is 482 g/mol. The Balaban J connectivity index is 1.64. The summed E-state index contributed by atoms with van der Waals surface area (Å²) >= 11 is 0. The van der Waals surface area contributed by atoms with Gasteiger partial charge in [0.1, 0.15) is 5.56 Å². The van der Waals surface area contributed by atoms with Crippen molar-refractivity contribution in [1.29, 1.82) is 0 Å². The number of pyridine rings is 1. The van der Waals surface area contributed by atoms with Gasteiger partial charge in [-0.15, -0.1) is 5.10 Å². The minimum absolute atomic E-state index is 0.0886. The van der Waals surface area contributed by atoms with Crippen LogP contribution >= 0.6 is 0 Å². The van der Waals surface area contributed by atoms with Crippen molar-refractivity contribution in [2.24, 2.45) is 0 Å². The van der Waals surface area contributed by atoms with Crippen molar-refractivity contribution < 1.29 is 4.79 Å². The van der Waals surface area contributed by atoms with Gasteiger partial charge in [0, 0.05) is 30.3 Å². The number of rotatable bonds is 6. The van der Waals surface area contributed by atoms with Gasteiger partial charge < -0.3 is 16.0 Å².